The maximum Gasteiger partial charge on any atom is 0.415 e. The van der Waals surface area contributed by atoms with Crippen molar-refractivity contribution >= 4 is 11.8 Å². The van der Waals surface area contributed by atoms with Crippen molar-refractivity contribution in [2.24, 2.45) is 0 Å². The molecule has 1 aromatic carbocycles. The van der Waals surface area contributed by atoms with Crippen LogP contribution in [0.4, 0.5) is 14.9 Å². The van der Waals surface area contributed by atoms with E-state index in [1.807, 2.05) is 33.8 Å². The average molecular weight is 358 g/mol. The Balaban J connectivity index is 1.91. The van der Waals surface area contributed by atoms with Crippen LogP contribution in [0.1, 0.15) is 37.6 Å². The molecule has 0 aliphatic carbocycles. The molecule has 0 spiro atoms. The van der Waals surface area contributed by atoms with E-state index >= 15 is 0 Å². The first-order chi connectivity index (χ1) is 12.2. The molecular formula is C20H23FN2O3. The Morgan fingerprint density at radius 2 is 2.00 bits per heavy atom. The van der Waals surface area contributed by atoms with Crippen molar-refractivity contribution in [1.82, 2.24) is 4.98 Å². The Hall–Kier alpha value is -2.63. The number of fused-ring (bicyclic) bond motifs is 1. The third-order valence-electron chi connectivity index (χ3n) is 4.03. The number of anilines is 1. The summed E-state index contributed by atoms with van der Waals surface area (Å²) in [5.74, 6) is 0.168. The number of halogens is 1. The lowest BCUT2D eigenvalue weighted by atomic mass is 10.0. The van der Waals surface area contributed by atoms with Crippen LogP contribution >= 0.6 is 0 Å². The highest BCUT2D eigenvalue weighted by atomic mass is 19.1. The maximum absolute atomic E-state index is 13.1. The van der Waals surface area contributed by atoms with Gasteiger partial charge < -0.3 is 9.47 Å². The summed E-state index contributed by atoms with van der Waals surface area (Å²) in [7, 11) is 0. The van der Waals surface area contributed by atoms with Gasteiger partial charge in [-0.2, -0.15) is 0 Å². The van der Waals surface area contributed by atoms with E-state index in [1.165, 1.54) is 12.1 Å². The smallest absolute Gasteiger partial charge is 0.415 e. The highest BCUT2D eigenvalue weighted by Crippen LogP contribution is 2.33. The first kappa shape index (κ1) is 18.2. The van der Waals surface area contributed by atoms with Crippen LogP contribution in [-0.2, 0) is 11.2 Å². The topological polar surface area (TPSA) is 51.7 Å². The van der Waals surface area contributed by atoms with E-state index in [0.29, 0.717) is 31.1 Å². The van der Waals surface area contributed by atoms with E-state index < -0.39 is 11.7 Å². The number of amides is 1. The molecular weight excluding hydrogens is 335 g/mol. The number of pyridine rings is 1. The van der Waals surface area contributed by atoms with Gasteiger partial charge in [-0.1, -0.05) is 12.1 Å². The molecule has 6 heteroatoms. The molecule has 3 rings (SSSR count). The molecule has 1 amide bonds. The monoisotopic (exact) mass is 358 g/mol. The third-order valence-corrected chi connectivity index (χ3v) is 4.03. The molecule has 0 fully saturated rings. The molecule has 1 aliphatic heterocycles. The number of rotatable bonds is 2. The molecule has 5 nitrogen and oxygen atoms in total. The molecule has 0 radical (unpaired) electrons. The number of aromatic nitrogens is 1. The van der Waals surface area contributed by atoms with Crippen LogP contribution in [0.25, 0.3) is 0 Å². The summed E-state index contributed by atoms with van der Waals surface area (Å²) in [6.07, 6.45) is 0.176. The lowest BCUT2D eigenvalue weighted by Crippen LogP contribution is -2.41. The zero-order valence-corrected chi connectivity index (χ0v) is 15.5. The summed E-state index contributed by atoms with van der Waals surface area (Å²) in [4.78, 5) is 18.6. The van der Waals surface area contributed by atoms with Crippen LogP contribution in [0, 0.1) is 12.7 Å². The van der Waals surface area contributed by atoms with Gasteiger partial charge in [-0.3, -0.25) is 4.90 Å². The number of ether oxygens (including phenoxy) is 2. The second-order valence-electron chi connectivity index (χ2n) is 7.34. The Morgan fingerprint density at radius 1 is 1.31 bits per heavy atom. The number of nitrogens with zero attached hydrogens (tertiary/aromatic N) is 2. The van der Waals surface area contributed by atoms with E-state index in [2.05, 4.69) is 4.98 Å². The van der Waals surface area contributed by atoms with Gasteiger partial charge in [0.1, 0.15) is 23.7 Å². The second kappa shape index (κ2) is 6.94. The van der Waals surface area contributed by atoms with Crippen LogP contribution in [0.5, 0.6) is 5.88 Å². The van der Waals surface area contributed by atoms with Gasteiger partial charge in [0.2, 0.25) is 5.88 Å². The summed E-state index contributed by atoms with van der Waals surface area (Å²) in [6, 6.07) is 8.27. The van der Waals surface area contributed by atoms with Gasteiger partial charge in [-0.25, -0.2) is 14.2 Å². The number of benzene rings is 1. The Morgan fingerprint density at radius 3 is 2.65 bits per heavy atom. The van der Waals surface area contributed by atoms with Crippen LogP contribution in [0.2, 0.25) is 0 Å². The lowest BCUT2D eigenvalue weighted by molar-refractivity contribution is 0.0566. The second-order valence-corrected chi connectivity index (χ2v) is 7.34. The predicted molar refractivity (Wildman–Crippen MR) is 97.3 cm³/mol. The predicted octanol–water partition coefficient (Wildman–Crippen LogP) is 4.25. The van der Waals surface area contributed by atoms with Crippen LogP contribution < -0.4 is 9.64 Å². The first-order valence-corrected chi connectivity index (χ1v) is 8.61. The molecule has 2 heterocycles. The normalized spacial score (nSPS) is 13.8. The molecule has 0 saturated carbocycles. The van der Waals surface area contributed by atoms with Crippen molar-refractivity contribution in [3.63, 3.8) is 0 Å². The summed E-state index contributed by atoms with van der Waals surface area (Å²) >= 11 is 0. The van der Waals surface area contributed by atoms with E-state index in [0.717, 1.165) is 16.8 Å². The summed E-state index contributed by atoms with van der Waals surface area (Å²) < 4.78 is 24.2. The fourth-order valence-electron chi connectivity index (χ4n) is 2.77. The molecule has 1 aliphatic rings. The zero-order chi connectivity index (χ0) is 18.9. The molecule has 0 unspecified atom stereocenters. The quantitative estimate of drug-likeness (QED) is 0.805. The van der Waals surface area contributed by atoms with E-state index in [1.54, 1.807) is 17.0 Å². The highest BCUT2D eigenvalue weighted by Gasteiger charge is 2.29. The number of hydrogen-bond acceptors (Lipinski definition) is 4. The van der Waals surface area contributed by atoms with Crippen LogP contribution in [0.3, 0.4) is 0 Å². The van der Waals surface area contributed by atoms with Crippen molar-refractivity contribution in [2.45, 2.75) is 39.7 Å². The summed E-state index contributed by atoms with van der Waals surface area (Å²) in [6.45, 7) is 8.17. The van der Waals surface area contributed by atoms with Gasteiger partial charge >= 0.3 is 6.09 Å². The van der Waals surface area contributed by atoms with Crippen molar-refractivity contribution in [3.05, 3.63) is 53.0 Å². The minimum atomic E-state index is -0.579. The SMILES string of the molecule is Cc1nc2c(cc1Cc1ccc(F)cc1)N(C(=O)OC(C)(C)C)CCO2. The summed E-state index contributed by atoms with van der Waals surface area (Å²) in [5, 5.41) is 0. The van der Waals surface area contributed by atoms with Crippen molar-refractivity contribution in [1.29, 1.82) is 0 Å². The van der Waals surface area contributed by atoms with Gasteiger partial charge in [-0.05, 0) is 63.4 Å². The molecule has 2 aromatic rings. The van der Waals surface area contributed by atoms with Gasteiger partial charge in [0.05, 0.1) is 6.54 Å². The van der Waals surface area contributed by atoms with Gasteiger partial charge in [0, 0.05) is 5.69 Å². The maximum atomic E-state index is 13.1. The van der Waals surface area contributed by atoms with Gasteiger partial charge in [-0.15, -0.1) is 0 Å². The molecule has 26 heavy (non-hydrogen) atoms. The molecule has 0 saturated heterocycles. The minimum Gasteiger partial charge on any atom is -0.474 e. The number of carbonyl (C=O) groups excluding carboxylic acids is 1. The third kappa shape index (κ3) is 4.12. The molecule has 0 bridgehead atoms. The van der Waals surface area contributed by atoms with Crippen molar-refractivity contribution in [3.8, 4) is 5.88 Å². The molecule has 0 atom stereocenters. The molecule has 138 valence electrons. The molecule has 0 N–H and O–H groups in total. The van der Waals surface area contributed by atoms with Crippen LogP contribution in [0.15, 0.2) is 30.3 Å². The Kier molecular flexibility index (Phi) is 4.85. The van der Waals surface area contributed by atoms with Crippen LogP contribution in [-0.4, -0.2) is 29.8 Å². The Bertz CT molecular complexity index is 813. The Labute approximate surface area is 152 Å². The number of carbonyl (C=O) groups is 1. The van der Waals surface area contributed by atoms with Gasteiger partial charge in [0.15, 0.2) is 0 Å². The van der Waals surface area contributed by atoms with Crippen molar-refractivity contribution in [2.75, 3.05) is 18.1 Å². The fraction of sp³-hybridized carbons (Fsp3) is 0.400. The van der Waals surface area contributed by atoms with E-state index in [9.17, 15) is 9.18 Å². The average Bonchev–Trinajstić information content (AvgIpc) is 2.55. The van der Waals surface area contributed by atoms with E-state index in [4.69, 9.17) is 9.47 Å². The molecule has 1 aromatic heterocycles. The summed E-state index contributed by atoms with van der Waals surface area (Å²) in [5.41, 5.74) is 2.77. The highest BCUT2D eigenvalue weighted by molar-refractivity contribution is 5.90. The minimum absolute atomic E-state index is 0.265. The van der Waals surface area contributed by atoms with E-state index in [-0.39, 0.29) is 5.82 Å². The largest absolute Gasteiger partial charge is 0.474 e. The fourth-order valence-corrected chi connectivity index (χ4v) is 2.77. The number of hydrogen-bond donors (Lipinski definition) is 0. The van der Waals surface area contributed by atoms with Crippen molar-refractivity contribution < 1.29 is 18.7 Å². The first-order valence-electron chi connectivity index (χ1n) is 8.61. The van der Waals surface area contributed by atoms with Gasteiger partial charge in [0.25, 0.3) is 0 Å². The standard InChI is InChI=1S/C20H23FN2O3/c1-13-15(11-14-5-7-16(21)8-6-14)12-17-18(22-13)25-10-9-23(17)19(24)26-20(2,3)4/h5-8,12H,9-11H2,1-4H3. The zero-order valence-electron chi connectivity index (χ0n) is 15.5. The lowest BCUT2D eigenvalue weighted by Gasteiger charge is -2.31. The number of aryl methyl sites for hydroxylation is 1.